The van der Waals surface area contributed by atoms with Crippen molar-refractivity contribution in [2.24, 2.45) is 11.8 Å². The molecule has 2 aromatic carbocycles. The Morgan fingerprint density at radius 2 is 1.74 bits per heavy atom. The minimum Gasteiger partial charge on any atom is -0.481 e. The highest BCUT2D eigenvalue weighted by Gasteiger charge is 2.29. The highest BCUT2D eigenvalue weighted by Crippen LogP contribution is 2.44. The van der Waals surface area contributed by atoms with E-state index in [1.807, 2.05) is 31.2 Å². The van der Waals surface area contributed by atoms with Crippen LogP contribution in [0, 0.1) is 11.8 Å². The molecule has 1 heterocycles. The van der Waals surface area contributed by atoms with Crippen molar-refractivity contribution in [2.45, 2.75) is 38.5 Å². The Hall–Kier alpha value is -3.35. The molecule has 0 bridgehead atoms. The molecular weight excluding hydrogens is 432 g/mol. The summed E-state index contributed by atoms with van der Waals surface area (Å²) in [4.78, 5) is 37.8. The number of nitrogens with one attached hydrogen (secondary N) is 1. The Morgan fingerprint density at radius 3 is 2.38 bits per heavy atom. The first kappa shape index (κ1) is 23.8. The number of aliphatic carboxylic acids is 1. The maximum absolute atomic E-state index is 12.7. The average Bonchev–Trinajstić information content (AvgIpc) is 3.15. The van der Waals surface area contributed by atoms with Crippen LogP contribution >= 0.6 is 0 Å². The molecular formula is C27H32N2O5. The second-order valence-corrected chi connectivity index (χ2v) is 9.46. The third-order valence-electron chi connectivity index (χ3n) is 6.80. The molecule has 2 unspecified atom stereocenters. The number of piperidine rings is 1. The predicted octanol–water partition coefficient (Wildman–Crippen LogP) is 4.26. The zero-order chi connectivity index (χ0) is 24.1. The molecule has 34 heavy (non-hydrogen) atoms. The van der Waals surface area contributed by atoms with Crippen molar-refractivity contribution < 1.29 is 24.2 Å². The molecule has 1 aliphatic heterocycles. The lowest BCUT2D eigenvalue weighted by Crippen LogP contribution is -2.41. The molecule has 0 radical (unpaired) electrons. The quantitative estimate of drug-likeness (QED) is 0.608. The average molecular weight is 465 g/mol. The summed E-state index contributed by atoms with van der Waals surface area (Å²) in [7, 11) is 0. The van der Waals surface area contributed by atoms with Crippen LogP contribution in [-0.2, 0) is 14.3 Å². The third-order valence-corrected chi connectivity index (χ3v) is 6.80. The van der Waals surface area contributed by atoms with Gasteiger partial charge in [0.2, 0.25) is 5.91 Å². The standard InChI is InChI=1S/C27H32N2O5/c1-18(13-25(30)29-12-6-7-19(16-29)14-26(31)32)15-28-27(33)34-17-24-22-10-4-2-8-20(22)21-9-3-5-11-23(21)24/h2-5,8-11,18-19,24H,6-7,12-17H2,1H3,(H,28,33)(H,31,32). The maximum atomic E-state index is 12.7. The van der Waals surface area contributed by atoms with Gasteiger partial charge in [-0.05, 0) is 46.9 Å². The van der Waals surface area contributed by atoms with Gasteiger partial charge in [0.05, 0.1) is 0 Å². The lowest BCUT2D eigenvalue weighted by Gasteiger charge is -2.32. The van der Waals surface area contributed by atoms with Gasteiger partial charge in [0.15, 0.2) is 0 Å². The van der Waals surface area contributed by atoms with Gasteiger partial charge >= 0.3 is 12.1 Å². The van der Waals surface area contributed by atoms with E-state index in [9.17, 15) is 14.4 Å². The molecule has 2 N–H and O–H groups in total. The van der Waals surface area contributed by atoms with Crippen LogP contribution in [0.4, 0.5) is 4.79 Å². The van der Waals surface area contributed by atoms with E-state index in [1.54, 1.807) is 4.90 Å². The van der Waals surface area contributed by atoms with E-state index in [-0.39, 0.29) is 36.7 Å². The van der Waals surface area contributed by atoms with Crippen LogP contribution in [0.2, 0.25) is 0 Å². The fourth-order valence-electron chi connectivity index (χ4n) is 5.11. The molecule has 0 saturated carbocycles. The van der Waals surface area contributed by atoms with E-state index in [0.29, 0.717) is 26.1 Å². The van der Waals surface area contributed by atoms with Crippen molar-refractivity contribution in [3.63, 3.8) is 0 Å². The molecule has 0 spiro atoms. The summed E-state index contributed by atoms with van der Waals surface area (Å²) in [6, 6.07) is 16.4. The molecule has 180 valence electrons. The van der Waals surface area contributed by atoms with Crippen molar-refractivity contribution in [3.05, 3.63) is 59.7 Å². The van der Waals surface area contributed by atoms with Gasteiger partial charge in [-0.3, -0.25) is 9.59 Å². The molecule has 2 aromatic rings. The molecule has 1 fully saturated rings. The number of carboxylic acids is 1. The molecule has 4 rings (SSSR count). The SMILES string of the molecule is CC(CNC(=O)OCC1c2ccccc2-c2ccccc21)CC(=O)N1CCCC(CC(=O)O)C1. The normalized spacial score (nSPS) is 18.0. The van der Waals surface area contributed by atoms with Gasteiger partial charge in [0, 0.05) is 38.4 Å². The van der Waals surface area contributed by atoms with Gasteiger partial charge in [0.25, 0.3) is 0 Å². The Morgan fingerprint density at radius 1 is 1.09 bits per heavy atom. The van der Waals surface area contributed by atoms with Crippen LogP contribution in [0.1, 0.15) is 49.7 Å². The molecule has 1 saturated heterocycles. The number of carbonyl (C=O) groups excluding carboxylic acids is 2. The van der Waals surface area contributed by atoms with Crippen molar-refractivity contribution in [1.82, 2.24) is 10.2 Å². The number of carboxylic acid groups (broad SMARTS) is 1. The number of benzene rings is 2. The van der Waals surface area contributed by atoms with Crippen LogP contribution in [0.5, 0.6) is 0 Å². The van der Waals surface area contributed by atoms with E-state index in [2.05, 4.69) is 29.6 Å². The van der Waals surface area contributed by atoms with Crippen LogP contribution in [-0.4, -0.2) is 54.2 Å². The number of rotatable bonds is 8. The lowest BCUT2D eigenvalue weighted by molar-refractivity contribution is -0.141. The number of hydrogen-bond donors (Lipinski definition) is 2. The van der Waals surface area contributed by atoms with Gasteiger partial charge in [-0.25, -0.2) is 4.79 Å². The van der Waals surface area contributed by atoms with Crippen molar-refractivity contribution >= 4 is 18.0 Å². The van der Waals surface area contributed by atoms with E-state index < -0.39 is 12.1 Å². The summed E-state index contributed by atoms with van der Waals surface area (Å²) in [5, 5.41) is 11.8. The van der Waals surface area contributed by atoms with E-state index in [1.165, 1.54) is 11.1 Å². The zero-order valence-electron chi connectivity index (χ0n) is 19.5. The number of likely N-dealkylation sites (tertiary alicyclic amines) is 1. The molecule has 2 amide bonds. The highest BCUT2D eigenvalue weighted by atomic mass is 16.5. The first-order valence-corrected chi connectivity index (χ1v) is 12.0. The van der Waals surface area contributed by atoms with Crippen molar-refractivity contribution in [1.29, 1.82) is 0 Å². The number of hydrogen-bond acceptors (Lipinski definition) is 4. The second-order valence-electron chi connectivity index (χ2n) is 9.46. The van der Waals surface area contributed by atoms with Gasteiger partial charge in [-0.2, -0.15) is 0 Å². The van der Waals surface area contributed by atoms with Gasteiger partial charge < -0.3 is 20.1 Å². The number of ether oxygens (including phenoxy) is 1. The van der Waals surface area contributed by atoms with Crippen molar-refractivity contribution in [2.75, 3.05) is 26.2 Å². The monoisotopic (exact) mass is 464 g/mol. The Kier molecular flexibility index (Phi) is 7.50. The van der Waals surface area contributed by atoms with Gasteiger partial charge in [-0.15, -0.1) is 0 Å². The van der Waals surface area contributed by atoms with Gasteiger partial charge in [0.1, 0.15) is 6.61 Å². The molecule has 1 aliphatic carbocycles. The first-order valence-electron chi connectivity index (χ1n) is 12.0. The van der Waals surface area contributed by atoms with Crippen LogP contribution in [0.3, 0.4) is 0 Å². The van der Waals surface area contributed by atoms with Gasteiger partial charge in [-0.1, -0.05) is 55.5 Å². The van der Waals surface area contributed by atoms with E-state index >= 15 is 0 Å². The smallest absolute Gasteiger partial charge is 0.407 e. The maximum Gasteiger partial charge on any atom is 0.407 e. The zero-order valence-corrected chi connectivity index (χ0v) is 19.5. The second kappa shape index (κ2) is 10.7. The number of fused-ring (bicyclic) bond motifs is 3. The summed E-state index contributed by atoms with van der Waals surface area (Å²) in [6.07, 6.45) is 1.60. The van der Waals surface area contributed by atoms with Crippen LogP contribution < -0.4 is 5.32 Å². The molecule has 2 aliphatic rings. The largest absolute Gasteiger partial charge is 0.481 e. The minimum absolute atomic E-state index is 0.00926. The molecule has 0 aromatic heterocycles. The number of amides is 2. The fraction of sp³-hybridized carbons (Fsp3) is 0.444. The highest BCUT2D eigenvalue weighted by molar-refractivity contribution is 5.79. The molecule has 7 nitrogen and oxygen atoms in total. The third kappa shape index (κ3) is 5.58. The number of nitrogens with zero attached hydrogens (tertiary/aromatic N) is 1. The number of alkyl carbamates (subject to hydrolysis) is 1. The Labute approximate surface area is 200 Å². The summed E-state index contributed by atoms with van der Waals surface area (Å²) in [5.74, 6) is -0.829. The van der Waals surface area contributed by atoms with Crippen LogP contribution in [0.15, 0.2) is 48.5 Å². The summed E-state index contributed by atoms with van der Waals surface area (Å²) in [6.45, 7) is 3.68. The predicted molar refractivity (Wildman–Crippen MR) is 128 cm³/mol. The summed E-state index contributed by atoms with van der Waals surface area (Å²) >= 11 is 0. The van der Waals surface area contributed by atoms with E-state index in [0.717, 1.165) is 24.0 Å². The number of carbonyl (C=O) groups is 3. The van der Waals surface area contributed by atoms with E-state index in [4.69, 9.17) is 9.84 Å². The summed E-state index contributed by atoms with van der Waals surface area (Å²) in [5.41, 5.74) is 4.70. The fourth-order valence-corrected chi connectivity index (χ4v) is 5.11. The topological polar surface area (TPSA) is 95.9 Å². The minimum atomic E-state index is -0.819. The van der Waals surface area contributed by atoms with Crippen LogP contribution in [0.25, 0.3) is 11.1 Å². The first-order chi connectivity index (χ1) is 16.4. The summed E-state index contributed by atoms with van der Waals surface area (Å²) < 4.78 is 5.56. The Balaban J connectivity index is 1.23. The molecule has 2 atom stereocenters. The lowest BCUT2D eigenvalue weighted by atomic mass is 9.94. The van der Waals surface area contributed by atoms with Crippen molar-refractivity contribution in [3.8, 4) is 11.1 Å². The molecule has 7 heteroatoms. The Bertz CT molecular complexity index is 1010.